The average molecular weight is 415 g/mol. The molecule has 2 rings (SSSR count). The fraction of sp³-hybridized carbons (Fsp3) is 0.462. The molecule has 1 unspecified atom stereocenters. The van der Waals surface area contributed by atoms with Gasteiger partial charge in [-0.3, -0.25) is 4.79 Å². The van der Waals surface area contributed by atoms with Crippen molar-refractivity contribution >= 4 is 53.2 Å². The first-order valence-corrected chi connectivity index (χ1v) is 9.91. The smallest absolute Gasteiger partial charge is 0.262 e. The van der Waals surface area contributed by atoms with Crippen LogP contribution in [0.3, 0.4) is 0 Å². The van der Waals surface area contributed by atoms with Gasteiger partial charge < -0.3 is 4.90 Å². The van der Waals surface area contributed by atoms with Crippen LogP contribution in [0.4, 0.5) is 0 Å². The maximum absolute atomic E-state index is 12.6. The molecule has 0 saturated carbocycles. The molecule has 116 valence electrons. The number of hydrogen-bond donors (Lipinski definition) is 0. The van der Waals surface area contributed by atoms with Gasteiger partial charge in [-0.1, -0.05) is 34.5 Å². The highest BCUT2D eigenvalue weighted by atomic mass is 79.9. The maximum Gasteiger partial charge on any atom is 0.262 e. The summed E-state index contributed by atoms with van der Waals surface area (Å²) in [5.74, 6) is 0.152. The largest absolute Gasteiger partial charge is 0.338 e. The summed E-state index contributed by atoms with van der Waals surface area (Å²) >= 11 is 9.28. The van der Waals surface area contributed by atoms with Gasteiger partial charge in [0.25, 0.3) is 15.0 Å². The number of likely N-dealkylation sites (tertiary alicyclic amines) is 1. The van der Waals surface area contributed by atoms with Crippen LogP contribution in [0.25, 0.3) is 0 Å². The predicted molar refractivity (Wildman–Crippen MR) is 86.5 cm³/mol. The number of hydrogen-bond acceptors (Lipinski definition) is 3. The summed E-state index contributed by atoms with van der Waals surface area (Å²) in [5.41, 5.74) is 0.152. The zero-order valence-corrected chi connectivity index (χ0v) is 15.2. The highest BCUT2D eigenvalue weighted by molar-refractivity contribution is 9.10. The quantitative estimate of drug-likeness (QED) is 0.689. The lowest BCUT2D eigenvalue weighted by atomic mass is 9.99. The SMILES string of the molecule is CC1CCCN(C(=O)c2cc(Br)cc(S(=O)(=O)Cl)c2Cl)C1. The van der Waals surface area contributed by atoms with Crippen LogP contribution in [0.1, 0.15) is 30.1 Å². The Hall–Kier alpha value is -0.300. The third-order valence-corrected chi connectivity index (χ3v) is 5.76. The number of nitrogens with zero attached hydrogens (tertiary/aromatic N) is 1. The molecule has 8 heteroatoms. The van der Waals surface area contributed by atoms with E-state index >= 15 is 0 Å². The van der Waals surface area contributed by atoms with Crippen LogP contribution in [0.5, 0.6) is 0 Å². The van der Waals surface area contributed by atoms with Crippen molar-refractivity contribution in [3.05, 3.63) is 27.2 Å². The van der Waals surface area contributed by atoms with Gasteiger partial charge in [-0.25, -0.2) is 8.42 Å². The summed E-state index contributed by atoms with van der Waals surface area (Å²) in [6.45, 7) is 3.37. The molecular formula is C13H14BrCl2NO3S. The highest BCUT2D eigenvalue weighted by Gasteiger charge is 2.27. The van der Waals surface area contributed by atoms with E-state index in [1.54, 1.807) is 4.90 Å². The van der Waals surface area contributed by atoms with Crippen molar-refractivity contribution in [1.82, 2.24) is 4.90 Å². The Labute approximate surface area is 142 Å². The third-order valence-electron chi connectivity index (χ3n) is 3.44. The van der Waals surface area contributed by atoms with Crippen LogP contribution < -0.4 is 0 Å². The summed E-state index contributed by atoms with van der Waals surface area (Å²) < 4.78 is 23.5. The summed E-state index contributed by atoms with van der Waals surface area (Å²) in [6, 6.07) is 2.82. The van der Waals surface area contributed by atoms with Crippen LogP contribution in [0.2, 0.25) is 5.02 Å². The number of piperidine rings is 1. The second-order valence-corrected chi connectivity index (χ2v) is 9.03. The van der Waals surface area contributed by atoms with E-state index in [-0.39, 0.29) is 21.4 Å². The Morgan fingerprint density at radius 1 is 1.43 bits per heavy atom. The Morgan fingerprint density at radius 2 is 2.10 bits per heavy atom. The van der Waals surface area contributed by atoms with Gasteiger partial charge in [-0.2, -0.15) is 0 Å². The van der Waals surface area contributed by atoms with Crippen LogP contribution >= 0.6 is 38.2 Å². The molecule has 1 aliphatic heterocycles. The molecule has 1 aromatic rings. The summed E-state index contributed by atoms with van der Waals surface area (Å²) in [4.78, 5) is 14.0. The van der Waals surface area contributed by atoms with Gasteiger partial charge in [-0.15, -0.1) is 0 Å². The molecule has 1 aliphatic rings. The van der Waals surface area contributed by atoms with Gasteiger partial charge in [0.15, 0.2) is 0 Å². The molecule has 1 atom stereocenters. The van der Waals surface area contributed by atoms with Crippen LogP contribution in [0.15, 0.2) is 21.5 Å². The standard InChI is InChI=1S/C13H14BrCl2NO3S/c1-8-3-2-4-17(7-8)13(18)10-5-9(14)6-11(12(10)15)21(16,19)20/h5-6,8H,2-4,7H2,1H3. The average Bonchev–Trinajstić information content (AvgIpc) is 2.39. The van der Waals surface area contributed by atoms with E-state index in [2.05, 4.69) is 22.9 Å². The highest BCUT2D eigenvalue weighted by Crippen LogP contribution is 2.33. The lowest BCUT2D eigenvalue weighted by molar-refractivity contribution is 0.0683. The Bertz CT molecular complexity index is 678. The minimum Gasteiger partial charge on any atom is -0.338 e. The van der Waals surface area contributed by atoms with Crippen molar-refractivity contribution in [2.45, 2.75) is 24.7 Å². The number of amides is 1. The molecule has 1 aromatic carbocycles. The number of carbonyl (C=O) groups is 1. The van der Waals surface area contributed by atoms with Gasteiger partial charge >= 0.3 is 0 Å². The molecule has 1 saturated heterocycles. The van der Waals surface area contributed by atoms with Gasteiger partial charge in [0.1, 0.15) is 4.90 Å². The zero-order chi connectivity index (χ0) is 15.8. The van der Waals surface area contributed by atoms with E-state index < -0.39 is 9.05 Å². The first-order valence-electron chi connectivity index (χ1n) is 6.43. The van der Waals surface area contributed by atoms with Gasteiger partial charge in [-0.05, 0) is 30.9 Å². The van der Waals surface area contributed by atoms with Crippen molar-refractivity contribution in [2.24, 2.45) is 5.92 Å². The van der Waals surface area contributed by atoms with Crippen LogP contribution in [0, 0.1) is 5.92 Å². The summed E-state index contributed by atoms with van der Waals surface area (Å²) in [5, 5.41) is -0.128. The van der Waals surface area contributed by atoms with E-state index in [0.29, 0.717) is 23.5 Å². The number of carbonyl (C=O) groups excluding carboxylic acids is 1. The molecule has 0 radical (unpaired) electrons. The molecule has 0 N–H and O–H groups in total. The van der Waals surface area contributed by atoms with Crippen molar-refractivity contribution in [3.8, 4) is 0 Å². The normalized spacial score (nSPS) is 19.6. The minimum absolute atomic E-state index is 0.128. The van der Waals surface area contributed by atoms with E-state index in [9.17, 15) is 13.2 Å². The Morgan fingerprint density at radius 3 is 2.67 bits per heavy atom. The lowest BCUT2D eigenvalue weighted by Crippen LogP contribution is -2.39. The second-order valence-electron chi connectivity index (χ2n) is 5.20. The molecular weight excluding hydrogens is 401 g/mol. The van der Waals surface area contributed by atoms with Crippen LogP contribution in [-0.2, 0) is 9.05 Å². The van der Waals surface area contributed by atoms with E-state index in [1.807, 2.05) is 0 Å². The predicted octanol–water partition coefficient (Wildman–Crippen LogP) is 3.90. The molecule has 0 spiro atoms. The van der Waals surface area contributed by atoms with Gasteiger partial charge in [0, 0.05) is 28.2 Å². The number of halogens is 3. The van der Waals surface area contributed by atoms with Crippen LogP contribution in [-0.4, -0.2) is 32.3 Å². The molecule has 21 heavy (non-hydrogen) atoms. The number of benzene rings is 1. The van der Waals surface area contributed by atoms with Crippen molar-refractivity contribution in [1.29, 1.82) is 0 Å². The molecule has 1 amide bonds. The fourth-order valence-corrected chi connectivity index (χ4v) is 4.62. The molecule has 0 bridgehead atoms. The van der Waals surface area contributed by atoms with E-state index in [4.69, 9.17) is 22.3 Å². The minimum atomic E-state index is -4.01. The third kappa shape index (κ3) is 3.92. The lowest BCUT2D eigenvalue weighted by Gasteiger charge is -2.31. The number of rotatable bonds is 2. The topological polar surface area (TPSA) is 54.5 Å². The first kappa shape index (κ1) is 17.1. The second kappa shape index (κ2) is 6.44. The molecule has 1 heterocycles. The monoisotopic (exact) mass is 413 g/mol. The molecule has 0 aromatic heterocycles. The fourth-order valence-electron chi connectivity index (χ4n) is 2.44. The summed E-state index contributed by atoms with van der Waals surface area (Å²) in [6.07, 6.45) is 2.01. The first-order chi connectivity index (χ1) is 9.70. The maximum atomic E-state index is 12.6. The van der Waals surface area contributed by atoms with Gasteiger partial charge in [0.05, 0.1) is 10.6 Å². The van der Waals surface area contributed by atoms with Crippen molar-refractivity contribution in [2.75, 3.05) is 13.1 Å². The molecule has 1 fully saturated rings. The van der Waals surface area contributed by atoms with Crippen molar-refractivity contribution in [3.63, 3.8) is 0 Å². The Kier molecular flexibility index (Phi) is 5.23. The molecule has 4 nitrogen and oxygen atoms in total. The van der Waals surface area contributed by atoms with Gasteiger partial charge in [0.2, 0.25) is 0 Å². The van der Waals surface area contributed by atoms with Crippen molar-refractivity contribution < 1.29 is 13.2 Å². The Balaban J connectivity index is 2.44. The zero-order valence-electron chi connectivity index (χ0n) is 11.3. The summed E-state index contributed by atoms with van der Waals surface area (Å²) in [7, 11) is 1.35. The van der Waals surface area contributed by atoms with E-state index in [1.165, 1.54) is 12.1 Å². The molecule has 0 aliphatic carbocycles. The van der Waals surface area contributed by atoms with E-state index in [0.717, 1.165) is 12.8 Å².